The highest BCUT2D eigenvalue weighted by atomic mass is 32.2. The van der Waals surface area contributed by atoms with Crippen molar-refractivity contribution in [2.24, 2.45) is 0 Å². The lowest BCUT2D eigenvalue weighted by molar-refractivity contribution is 0.436. The number of ether oxygens (including phenoxy) is 1. The molecule has 86 heavy (non-hydrogen) atoms. The van der Waals surface area contributed by atoms with Crippen LogP contribution in [0.1, 0.15) is 119 Å². The molecular weight excluding hydrogens is 1060 g/mol. The minimum Gasteiger partial charge on any atom is -0.457 e. The van der Waals surface area contributed by atoms with Gasteiger partial charge >= 0.3 is 0 Å². The molecule has 3 aliphatic carbocycles. The smallest absolute Gasteiger partial charge is 0.132 e. The van der Waals surface area contributed by atoms with Crippen LogP contribution in [-0.4, -0.2) is 0 Å². The third-order valence-corrected chi connectivity index (χ3v) is 20.9. The first-order valence-electron chi connectivity index (χ1n) is 30.4. The second-order valence-corrected chi connectivity index (χ2v) is 27.3. The van der Waals surface area contributed by atoms with E-state index in [0.717, 1.165) is 39.7 Å². The van der Waals surface area contributed by atoms with Gasteiger partial charge in [0.1, 0.15) is 11.5 Å². The molecule has 5 aliphatic rings. The fourth-order valence-corrected chi connectivity index (χ4v) is 17.2. The zero-order chi connectivity index (χ0) is 57.9. The van der Waals surface area contributed by atoms with E-state index in [1.165, 1.54) is 110 Å². The molecule has 17 rings (SSSR count). The zero-order valence-corrected chi connectivity index (χ0v) is 50.1. The molecule has 0 amide bonds. The van der Waals surface area contributed by atoms with Gasteiger partial charge in [-0.3, -0.25) is 0 Å². The van der Waals surface area contributed by atoms with Gasteiger partial charge in [0.15, 0.2) is 0 Å². The molecule has 0 radical (unpaired) electrons. The van der Waals surface area contributed by atoms with Crippen LogP contribution in [0.25, 0.3) is 33.4 Å². The van der Waals surface area contributed by atoms with Crippen molar-refractivity contribution in [2.45, 2.75) is 78.4 Å². The Morgan fingerprint density at radius 2 is 0.605 bits per heavy atom. The van der Waals surface area contributed by atoms with Crippen LogP contribution in [0.3, 0.4) is 0 Å². The second kappa shape index (κ2) is 18.3. The van der Waals surface area contributed by atoms with E-state index < -0.39 is 16.2 Å². The molecule has 0 atom stereocenters. The van der Waals surface area contributed by atoms with Gasteiger partial charge in [-0.1, -0.05) is 266 Å². The average molecular weight is 1120 g/mol. The van der Waals surface area contributed by atoms with Crippen LogP contribution in [0.5, 0.6) is 11.5 Å². The number of anilines is 3. The van der Waals surface area contributed by atoms with Crippen LogP contribution < -0.4 is 9.64 Å². The van der Waals surface area contributed by atoms with Crippen LogP contribution in [0, 0.1) is 0 Å². The molecule has 12 aromatic carbocycles. The fourth-order valence-electron chi connectivity index (χ4n) is 16.0. The lowest BCUT2D eigenvalue weighted by Gasteiger charge is -2.42. The van der Waals surface area contributed by atoms with Gasteiger partial charge in [0.25, 0.3) is 0 Å². The van der Waals surface area contributed by atoms with Gasteiger partial charge in [-0.05, 0) is 172 Å². The first kappa shape index (κ1) is 51.0. The Hall–Kier alpha value is -9.41. The number of hydrogen-bond acceptors (Lipinski definition) is 3. The Labute approximate surface area is 509 Å². The Kier molecular flexibility index (Phi) is 10.9. The van der Waals surface area contributed by atoms with Crippen molar-refractivity contribution >= 4 is 28.8 Å². The van der Waals surface area contributed by atoms with Gasteiger partial charge in [0.2, 0.25) is 0 Å². The topological polar surface area (TPSA) is 12.5 Å². The summed E-state index contributed by atoms with van der Waals surface area (Å²) in [6.07, 6.45) is 0. The van der Waals surface area contributed by atoms with Gasteiger partial charge in [-0.2, -0.15) is 0 Å². The minimum atomic E-state index is -0.666. The Bertz CT molecular complexity index is 4660. The van der Waals surface area contributed by atoms with Crippen LogP contribution in [0.4, 0.5) is 17.1 Å². The highest BCUT2D eigenvalue weighted by molar-refractivity contribution is 7.99. The van der Waals surface area contributed by atoms with E-state index in [0.29, 0.717) is 0 Å². The van der Waals surface area contributed by atoms with E-state index >= 15 is 0 Å². The summed E-state index contributed by atoms with van der Waals surface area (Å²) in [5.41, 5.74) is 26.5. The number of fused-ring (bicyclic) bond motifs is 21. The largest absolute Gasteiger partial charge is 0.457 e. The Morgan fingerprint density at radius 1 is 0.279 bits per heavy atom. The third-order valence-electron chi connectivity index (χ3n) is 19.8. The van der Waals surface area contributed by atoms with Crippen LogP contribution in [-0.2, 0) is 27.1 Å². The highest BCUT2D eigenvalue weighted by Gasteiger charge is 2.54. The molecule has 2 heterocycles. The molecule has 0 aromatic heterocycles. The third kappa shape index (κ3) is 6.86. The van der Waals surface area contributed by atoms with Gasteiger partial charge in [0, 0.05) is 38.0 Å². The number of para-hydroxylation sites is 2. The molecule has 0 fully saturated rings. The summed E-state index contributed by atoms with van der Waals surface area (Å²) in [6.45, 7) is 14.1. The molecule has 2 spiro atoms. The van der Waals surface area contributed by atoms with Crippen molar-refractivity contribution in [3.05, 3.63) is 351 Å². The van der Waals surface area contributed by atoms with Gasteiger partial charge in [-0.15, -0.1) is 0 Å². The molecule has 0 saturated carbocycles. The summed E-state index contributed by atoms with van der Waals surface area (Å²) in [5.74, 6) is 1.76. The minimum absolute atomic E-state index is 0.0773. The summed E-state index contributed by atoms with van der Waals surface area (Å²) < 4.78 is 6.89. The van der Waals surface area contributed by atoms with Crippen molar-refractivity contribution in [1.29, 1.82) is 0 Å². The van der Waals surface area contributed by atoms with E-state index in [1.807, 2.05) is 11.8 Å². The fraction of sp³-hybridized carbons (Fsp3) is 0.133. The van der Waals surface area contributed by atoms with E-state index in [2.05, 4.69) is 319 Å². The van der Waals surface area contributed by atoms with E-state index in [-0.39, 0.29) is 10.8 Å². The molecule has 0 saturated heterocycles. The monoisotopic (exact) mass is 1120 g/mol. The summed E-state index contributed by atoms with van der Waals surface area (Å²) in [7, 11) is 0. The van der Waals surface area contributed by atoms with Crippen molar-refractivity contribution in [1.82, 2.24) is 0 Å². The molecule has 0 unspecified atom stereocenters. The lowest BCUT2D eigenvalue weighted by Crippen LogP contribution is -2.33. The van der Waals surface area contributed by atoms with Crippen LogP contribution in [0.15, 0.2) is 283 Å². The standard InChI is InChI=1S/C83H63NOS/c1-79(2,3)54-37-45-77-73(47-54)83(74-48-55(80(4,5)6)38-46-78(74)86-77)67-32-18-15-29-61(67)64-44-41-58(51-72(64)83)84(56-39-42-62-59-27-13-16-30-65(59)81(70(62)49-56,52-23-9-7-10-24-52)53-25-11-8-12-26-53)57-40-43-63-60-28-14-17-31-66(60)82(71(63)50-57)68-33-19-21-35-75(68)85-76-36-22-20-34-69(76)82/h7-51H,1-6H3. The summed E-state index contributed by atoms with van der Waals surface area (Å²) in [4.78, 5) is 5.19. The lowest BCUT2D eigenvalue weighted by atomic mass is 9.65. The van der Waals surface area contributed by atoms with E-state index in [1.54, 1.807) is 0 Å². The molecular formula is C83H63NOS. The second-order valence-electron chi connectivity index (χ2n) is 26.3. The van der Waals surface area contributed by atoms with Crippen LogP contribution in [0.2, 0.25) is 0 Å². The maximum absolute atomic E-state index is 6.89. The highest BCUT2D eigenvalue weighted by Crippen LogP contribution is 2.66. The first-order chi connectivity index (χ1) is 41.9. The average Bonchev–Trinajstić information content (AvgIpc) is 1.52. The van der Waals surface area contributed by atoms with Crippen molar-refractivity contribution in [3.8, 4) is 44.9 Å². The summed E-state index contributed by atoms with van der Waals surface area (Å²) in [6, 6.07) is 104. The molecule has 12 aromatic rings. The first-order valence-corrected chi connectivity index (χ1v) is 31.2. The number of rotatable bonds is 5. The SMILES string of the molecule is CC(C)(C)c1ccc2c(c1)C1(c3cc(C(C)(C)C)ccc3S2)c2ccccc2-c2ccc(N(c3ccc4c(c3)C(c3ccccc3)(c3ccccc3)c3ccccc3-4)c3ccc4c(c3)C3(c5ccccc5Oc5ccccc53)c3ccccc3-4)cc21. The number of hydrogen-bond donors (Lipinski definition) is 0. The maximum Gasteiger partial charge on any atom is 0.132 e. The predicted octanol–water partition coefficient (Wildman–Crippen LogP) is 21.4. The van der Waals surface area contributed by atoms with Crippen molar-refractivity contribution in [3.63, 3.8) is 0 Å². The van der Waals surface area contributed by atoms with E-state index in [4.69, 9.17) is 4.74 Å². The molecule has 2 aliphatic heterocycles. The zero-order valence-electron chi connectivity index (χ0n) is 49.2. The Morgan fingerprint density at radius 3 is 1.01 bits per heavy atom. The van der Waals surface area contributed by atoms with Gasteiger partial charge in [0.05, 0.1) is 16.2 Å². The van der Waals surface area contributed by atoms with E-state index in [9.17, 15) is 0 Å². The number of nitrogens with zero attached hydrogens (tertiary/aromatic N) is 1. The molecule has 0 bridgehead atoms. The number of benzene rings is 12. The van der Waals surface area contributed by atoms with Gasteiger partial charge in [-0.25, -0.2) is 0 Å². The van der Waals surface area contributed by atoms with Crippen LogP contribution >= 0.6 is 11.8 Å². The van der Waals surface area contributed by atoms with Gasteiger partial charge < -0.3 is 9.64 Å². The molecule has 2 nitrogen and oxygen atoms in total. The van der Waals surface area contributed by atoms with Crippen molar-refractivity contribution < 1.29 is 4.74 Å². The Balaban J connectivity index is 0.984. The maximum atomic E-state index is 6.89. The summed E-state index contributed by atoms with van der Waals surface area (Å²) >= 11 is 1.93. The van der Waals surface area contributed by atoms with Crippen molar-refractivity contribution in [2.75, 3.05) is 4.90 Å². The molecule has 412 valence electrons. The molecule has 0 N–H and O–H groups in total. The summed E-state index contributed by atoms with van der Waals surface area (Å²) in [5, 5.41) is 0. The normalized spacial score (nSPS) is 15.2. The molecule has 3 heteroatoms. The quantitative estimate of drug-likeness (QED) is 0.170. The predicted molar refractivity (Wildman–Crippen MR) is 355 cm³/mol.